The molecule has 45 heavy (non-hydrogen) atoms. The minimum Gasteiger partial charge on any atom is -0.443 e. The number of amides is 1. The fourth-order valence-electron chi connectivity index (χ4n) is 5.28. The number of nitrogens with one attached hydrogen (secondary N) is 1. The summed E-state index contributed by atoms with van der Waals surface area (Å²) in [6.45, 7) is 6.39. The molecule has 6 aromatic rings. The standard InChI is InChI=1S/C39H36N4O2/c1-39(2,3)45-38(44)43(27-32-20-12-18-30-16-8-10-22-35(30)32)36-25-33(24-23-28-13-5-4-6-14-28)41-37(42-36)40-26-31-19-11-17-29-15-7-9-21-34(29)31/h4-25H,26-27H2,1-3H3,(H,40,41,42)/b24-23+. The SMILES string of the molecule is CC(C)(C)OC(=O)N(Cc1cccc2ccccc12)c1cc(/C=C/c2ccccc2)nc(NCc2cccc3ccccc23)n1. The third kappa shape index (κ3) is 7.36. The maximum atomic E-state index is 13.8. The molecule has 0 aliphatic carbocycles. The van der Waals surface area contributed by atoms with Crippen LogP contribution in [0.25, 0.3) is 33.7 Å². The molecule has 6 rings (SSSR count). The summed E-state index contributed by atoms with van der Waals surface area (Å²) in [4.78, 5) is 25.1. The molecular weight excluding hydrogens is 556 g/mol. The molecule has 1 heterocycles. The van der Waals surface area contributed by atoms with Crippen LogP contribution in [0.2, 0.25) is 0 Å². The van der Waals surface area contributed by atoms with Gasteiger partial charge in [0.2, 0.25) is 5.95 Å². The number of fused-ring (bicyclic) bond motifs is 2. The number of benzene rings is 5. The van der Waals surface area contributed by atoms with E-state index in [9.17, 15) is 4.79 Å². The third-order valence-corrected chi connectivity index (χ3v) is 7.39. The smallest absolute Gasteiger partial charge is 0.416 e. The van der Waals surface area contributed by atoms with Crippen molar-refractivity contribution in [3.8, 4) is 0 Å². The normalized spacial score (nSPS) is 11.6. The van der Waals surface area contributed by atoms with Crippen LogP contribution in [0.3, 0.4) is 0 Å². The number of hydrogen-bond acceptors (Lipinski definition) is 5. The molecule has 5 aromatic carbocycles. The van der Waals surface area contributed by atoms with Gasteiger partial charge in [-0.1, -0.05) is 121 Å². The number of rotatable bonds is 8. The van der Waals surface area contributed by atoms with Crippen molar-refractivity contribution in [2.24, 2.45) is 0 Å². The maximum absolute atomic E-state index is 13.8. The van der Waals surface area contributed by atoms with Gasteiger partial charge < -0.3 is 10.1 Å². The highest BCUT2D eigenvalue weighted by Gasteiger charge is 2.26. The van der Waals surface area contributed by atoms with Crippen molar-refractivity contribution in [1.29, 1.82) is 0 Å². The van der Waals surface area contributed by atoms with Crippen LogP contribution in [-0.2, 0) is 17.8 Å². The van der Waals surface area contributed by atoms with Crippen molar-refractivity contribution < 1.29 is 9.53 Å². The molecule has 1 amide bonds. The number of aromatic nitrogens is 2. The summed E-state index contributed by atoms with van der Waals surface area (Å²) in [5, 5.41) is 7.94. The summed E-state index contributed by atoms with van der Waals surface area (Å²) in [6.07, 6.45) is 3.46. The fourth-order valence-corrected chi connectivity index (χ4v) is 5.28. The molecule has 0 bridgehead atoms. The van der Waals surface area contributed by atoms with E-state index in [2.05, 4.69) is 53.8 Å². The molecule has 0 saturated heterocycles. The molecule has 0 aliphatic heterocycles. The summed E-state index contributed by atoms with van der Waals surface area (Å²) in [7, 11) is 0. The topological polar surface area (TPSA) is 67.3 Å². The minimum absolute atomic E-state index is 0.276. The highest BCUT2D eigenvalue weighted by molar-refractivity contribution is 5.91. The fraction of sp³-hybridized carbons (Fsp3) is 0.154. The van der Waals surface area contributed by atoms with Crippen LogP contribution in [-0.4, -0.2) is 21.7 Å². The molecular formula is C39H36N4O2. The second kappa shape index (κ2) is 13.0. The highest BCUT2D eigenvalue weighted by Crippen LogP contribution is 2.27. The van der Waals surface area contributed by atoms with Crippen LogP contribution in [0.4, 0.5) is 16.6 Å². The van der Waals surface area contributed by atoms with Gasteiger partial charge in [0.15, 0.2) is 0 Å². The number of carbonyl (C=O) groups excluding carboxylic acids is 1. The zero-order valence-corrected chi connectivity index (χ0v) is 25.8. The number of nitrogens with zero attached hydrogens (tertiary/aromatic N) is 3. The second-order valence-corrected chi connectivity index (χ2v) is 11.9. The first kappa shape index (κ1) is 29.6. The van der Waals surface area contributed by atoms with Crippen molar-refractivity contribution in [3.05, 3.63) is 144 Å². The largest absolute Gasteiger partial charge is 0.443 e. The Labute approximate surface area is 264 Å². The van der Waals surface area contributed by atoms with Crippen LogP contribution in [0, 0.1) is 0 Å². The zero-order valence-electron chi connectivity index (χ0n) is 25.8. The summed E-state index contributed by atoms with van der Waals surface area (Å²) in [6, 6.07) is 40.7. The van der Waals surface area contributed by atoms with Gasteiger partial charge in [-0.2, -0.15) is 4.98 Å². The molecule has 0 spiro atoms. The molecule has 1 aromatic heterocycles. The summed E-state index contributed by atoms with van der Waals surface area (Å²) < 4.78 is 5.91. The van der Waals surface area contributed by atoms with Gasteiger partial charge in [-0.3, -0.25) is 4.90 Å². The van der Waals surface area contributed by atoms with Crippen molar-refractivity contribution in [2.45, 2.75) is 39.5 Å². The van der Waals surface area contributed by atoms with Crippen LogP contribution in [0.1, 0.15) is 43.2 Å². The summed E-state index contributed by atoms with van der Waals surface area (Å²) in [5.74, 6) is 0.861. The molecule has 0 atom stereocenters. The lowest BCUT2D eigenvalue weighted by Gasteiger charge is -2.27. The maximum Gasteiger partial charge on any atom is 0.416 e. The zero-order chi connectivity index (χ0) is 31.2. The molecule has 0 saturated carbocycles. The second-order valence-electron chi connectivity index (χ2n) is 11.9. The van der Waals surface area contributed by atoms with Gasteiger partial charge in [0.05, 0.1) is 12.2 Å². The lowest BCUT2D eigenvalue weighted by atomic mass is 10.0. The minimum atomic E-state index is -0.688. The quantitative estimate of drug-likeness (QED) is 0.191. The number of hydrogen-bond donors (Lipinski definition) is 1. The van der Waals surface area contributed by atoms with Crippen molar-refractivity contribution >= 4 is 51.6 Å². The van der Waals surface area contributed by atoms with Crippen molar-refractivity contribution in [1.82, 2.24) is 9.97 Å². The Kier molecular flexibility index (Phi) is 8.56. The molecule has 6 heteroatoms. The molecule has 6 nitrogen and oxygen atoms in total. The average Bonchev–Trinajstić information content (AvgIpc) is 3.05. The van der Waals surface area contributed by atoms with Gasteiger partial charge in [0.25, 0.3) is 0 Å². The van der Waals surface area contributed by atoms with Gasteiger partial charge in [0.1, 0.15) is 11.4 Å². The molecule has 224 valence electrons. The monoisotopic (exact) mass is 592 g/mol. The van der Waals surface area contributed by atoms with Crippen LogP contribution < -0.4 is 10.2 Å². The van der Waals surface area contributed by atoms with E-state index in [-0.39, 0.29) is 6.54 Å². The number of ether oxygens (including phenoxy) is 1. The molecule has 0 fully saturated rings. The van der Waals surface area contributed by atoms with E-state index in [1.807, 2.05) is 106 Å². The number of anilines is 2. The predicted molar refractivity (Wildman–Crippen MR) is 185 cm³/mol. The Bertz CT molecular complexity index is 1970. The van der Waals surface area contributed by atoms with Crippen LogP contribution >= 0.6 is 0 Å². The molecule has 0 radical (unpaired) electrons. The lowest BCUT2D eigenvalue weighted by molar-refractivity contribution is 0.0576. The molecule has 1 N–H and O–H groups in total. The van der Waals surface area contributed by atoms with E-state index >= 15 is 0 Å². The van der Waals surface area contributed by atoms with Gasteiger partial charge in [-0.05, 0) is 65.1 Å². The summed E-state index contributed by atoms with van der Waals surface area (Å²) in [5.41, 5.74) is 3.14. The average molecular weight is 593 g/mol. The molecule has 0 aliphatic rings. The van der Waals surface area contributed by atoms with E-state index in [1.54, 1.807) is 4.90 Å². The van der Waals surface area contributed by atoms with Crippen LogP contribution in [0.5, 0.6) is 0 Å². The first-order valence-electron chi connectivity index (χ1n) is 15.1. The van der Waals surface area contributed by atoms with Crippen molar-refractivity contribution in [3.63, 3.8) is 0 Å². The first-order valence-corrected chi connectivity index (χ1v) is 15.1. The van der Waals surface area contributed by atoms with E-state index in [0.717, 1.165) is 27.5 Å². The third-order valence-electron chi connectivity index (χ3n) is 7.39. The Balaban J connectivity index is 1.41. The van der Waals surface area contributed by atoms with Gasteiger partial charge in [-0.15, -0.1) is 0 Å². The Morgan fingerprint density at radius 1 is 0.733 bits per heavy atom. The Hall–Kier alpha value is -5.49. The number of carbonyl (C=O) groups is 1. The highest BCUT2D eigenvalue weighted by atomic mass is 16.6. The van der Waals surface area contributed by atoms with Gasteiger partial charge in [-0.25, -0.2) is 9.78 Å². The van der Waals surface area contributed by atoms with Crippen molar-refractivity contribution in [2.75, 3.05) is 10.2 Å². The van der Waals surface area contributed by atoms with E-state index < -0.39 is 11.7 Å². The molecule has 0 unspecified atom stereocenters. The first-order chi connectivity index (χ1) is 21.8. The van der Waals surface area contributed by atoms with E-state index in [0.29, 0.717) is 24.0 Å². The lowest BCUT2D eigenvalue weighted by Crippen LogP contribution is -2.37. The van der Waals surface area contributed by atoms with Crippen LogP contribution in [0.15, 0.2) is 121 Å². The predicted octanol–water partition coefficient (Wildman–Crippen LogP) is 9.51. The van der Waals surface area contributed by atoms with E-state index in [4.69, 9.17) is 14.7 Å². The van der Waals surface area contributed by atoms with E-state index in [1.165, 1.54) is 10.8 Å². The van der Waals surface area contributed by atoms with Gasteiger partial charge >= 0.3 is 6.09 Å². The Morgan fingerprint density at radius 3 is 2.02 bits per heavy atom. The van der Waals surface area contributed by atoms with Gasteiger partial charge in [0, 0.05) is 12.6 Å². The summed E-state index contributed by atoms with van der Waals surface area (Å²) >= 11 is 0. The Morgan fingerprint density at radius 2 is 1.33 bits per heavy atom.